The molecular formula is C19H30FIN4O2. The lowest BCUT2D eigenvalue weighted by Crippen LogP contribution is -2.40. The van der Waals surface area contributed by atoms with Crippen molar-refractivity contribution in [1.29, 1.82) is 0 Å². The number of nitrogens with one attached hydrogen (secondary N) is 2. The van der Waals surface area contributed by atoms with E-state index in [9.17, 15) is 4.39 Å². The highest BCUT2D eigenvalue weighted by atomic mass is 127. The van der Waals surface area contributed by atoms with E-state index in [1.165, 1.54) is 12.1 Å². The first-order valence-corrected chi connectivity index (χ1v) is 8.84. The van der Waals surface area contributed by atoms with Crippen LogP contribution < -0.4 is 10.6 Å². The molecular weight excluding hydrogens is 462 g/mol. The van der Waals surface area contributed by atoms with Gasteiger partial charge in [0.1, 0.15) is 17.2 Å². The Bertz CT molecular complexity index is 736. The molecule has 1 aromatic heterocycles. The molecule has 0 amide bonds. The van der Waals surface area contributed by atoms with E-state index in [4.69, 9.17) is 9.15 Å². The predicted octanol–water partition coefficient (Wildman–Crippen LogP) is 3.13. The van der Waals surface area contributed by atoms with Gasteiger partial charge < -0.3 is 24.7 Å². The van der Waals surface area contributed by atoms with Crippen LogP contribution in [0.15, 0.2) is 27.6 Å². The molecule has 27 heavy (non-hydrogen) atoms. The molecule has 8 heteroatoms. The minimum absolute atomic E-state index is 0. The topological polar surface area (TPSA) is 62.0 Å². The van der Waals surface area contributed by atoms with E-state index < -0.39 is 0 Å². The minimum Gasteiger partial charge on any atom is -0.459 e. The summed E-state index contributed by atoms with van der Waals surface area (Å²) in [6.45, 7) is 5.90. The maximum atomic E-state index is 13.4. The first-order valence-electron chi connectivity index (χ1n) is 8.84. The van der Waals surface area contributed by atoms with Gasteiger partial charge in [-0.05, 0) is 38.6 Å². The van der Waals surface area contributed by atoms with E-state index in [1.54, 1.807) is 20.2 Å². The third kappa shape index (κ3) is 7.27. The monoisotopic (exact) mass is 492 g/mol. The number of benzene rings is 1. The molecule has 0 saturated heterocycles. The van der Waals surface area contributed by atoms with Crippen LogP contribution in [0.2, 0.25) is 0 Å². The molecule has 1 heterocycles. The number of aryl methyl sites for hydroxylation is 1. The molecule has 0 bridgehead atoms. The first kappa shape index (κ1) is 23.6. The molecule has 2 rings (SSSR count). The molecule has 2 aromatic rings. The number of rotatable bonds is 9. The molecule has 0 spiro atoms. The second kappa shape index (κ2) is 12.1. The second-order valence-electron chi connectivity index (χ2n) is 6.29. The minimum atomic E-state index is -0.256. The first-order chi connectivity index (χ1) is 12.5. The Labute approximate surface area is 177 Å². The van der Waals surface area contributed by atoms with Crippen molar-refractivity contribution in [2.24, 2.45) is 4.99 Å². The predicted molar refractivity (Wildman–Crippen MR) is 119 cm³/mol. The number of hydrogen-bond acceptors (Lipinski definition) is 4. The van der Waals surface area contributed by atoms with E-state index in [1.807, 2.05) is 6.92 Å². The summed E-state index contributed by atoms with van der Waals surface area (Å²) in [4.78, 5) is 6.47. The maximum Gasteiger partial charge on any atom is 0.191 e. The van der Waals surface area contributed by atoms with Crippen LogP contribution in [-0.4, -0.2) is 58.3 Å². The number of hydrogen-bond donors (Lipinski definition) is 2. The van der Waals surface area contributed by atoms with Gasteiger partial charge >= 0.3 is 0 Å². The number of likely N-dealkylation sites (N-methyl/N-ethyl adjacent to an activating group) is 1. The van der Waals surface area contributed by atoms with Gasteiger partial charge in [0.25, 0.3) is 0 Å². The van der Waals surface area contributed by atoms with Crippen molar-refractivity contribution in [3.05, 3.63) is 35.3 Å². The summed E-state index contributed by atoms with van der Waals surface area (Å²) in [5, 5.41) is 7.34. The van der Waals surface area contributed by atoms with E-state index in [0.717, 1.165) is 49.4 Å². The molecule has 0 unspecified atom stereocenters. The summed E-state index contributed by atoms with van der Waals surface area (Å²) in [5.74, 6) is 1.24. The number of guanidine groups is 1. The van der Waals surface area contributed by atoms with Crippen LogP contribution in [0.4, 0.5) is 4.39 Å². The molecule has 0 atom stereocenters. The van der Waals surface area contributed by atoms with Gasteiger partial charge in [-0.15, -0.1) is 24.0 Å². The summed E-state index contributed by atoms with van der Waals surface area (Å²) in [6, 6.07) is 4.57. The van der Waals surface area contributed by atoms with Crippen molar-refractivity contribution in [3.8, 4) is 0 Å². The van der Waals surface area contributed by atoms with Crippen LogP contribution in [0.25, 0.3) is 11.0 Å². The molecule has 2 N–H and O–H groups in total. The molecule has 152 valence electrons. The smallest absolute Gasteiger partial charge is 0.191 e. The van der Waals surface area contributed by atoms with Gasteiger partial charge in [-0.3, -0.25) is 4.99 Å². The van der Waals surface area contributed by atoms with E-state index in [2.05, 4.69) is 27.6 Å². The average molecular weight is 492 g/mol. The van der Waals surface area contributed by atoms with Gasteiger partial charge in [0.2, 0.25) is 0 Å². The largest absolute Gasteiger partial charge is 0.459 e. The Morgan fingerprint density at radius 3 is 2.78 bits per heavy atom. The highest BCUT2D eigenvalue weighted by molar-refractivity contribution is 14.0. The normalized spacial score (nSPS) is 11.7. The number of methoxy groups -OCH3 is 1. The molecule has 0 saturated carbocycles. The van der Waals surface area contributed by atoms with Gasteiger partial charge in [-0.25, -0.2) is 4.39 Å². The second-order valence-corrected chi connectivity index (χ2v) is 6.29. The zero-order valence-electron chi connectivity index (χ0n) is 16.5. The lowest BCUT2D eigenvalue weighted by molar-refractivity contribution is 0.180. The highest BCUT2D eigenvalue weighted by Gasteiger charge is 2.11. The van der Waals surface area contributed by atoms with Gasteiger partial charge in [-0.1, -0.05) is 0 Å². The maximum absolute atomic E-state index is 13.4. The Hall–Kier alpha value is -1.39. The van der Waals surface area contributed by atoms with Gasteiger partial charge in [0.15, 0.2) is 5.96 Å². The number of furan rings is 1. The molecule has 0 fully saturated rings. The molecule has 6 nitrogen and oxygen atoms in total. The zero-order valence-corrected chi connectivity index (χ0v) is 18.8. The van der Waals surface area contributed by atoms with Crippen LogP contribution in [0.1, 0.15) is 17.7 Å². The summed E-state index contributed by atoms with van der Waals surface area (Å²) in [7, 11) is 5.54. The van der Waals surface area contributed by atoms with Crippen LogP contribution in [-0.2, 0) is 11.3 Å². The third-order valence-corrected chi connectivity index (χ3v) is 4.31. The number of ether oxygens (including phenoxy) is 1. The summed E-state index contributed by atoms with van der Waals surface area (Å²) in [5.41, 5.74) is 1.64. The molecule has 0 aliphatic rings. The number of halogens is 2. The highest BCUT2D eigenvalue weighted by Crippen LogP contribution is 2.25. The standard InChI is InChI=1S/C19H29FN4O2.HI/c1-14-16-12-15(20)6-7-17(16)26-18(14)13-23-19(21-2)22-8-10-24(3)9-5-11-25-4;/h6-7,12H,5,8-11,13H2,1-4H3,(H2,21,22,23);1H. The van der Waals surface area contributed by atoms with E-state index in [0.29, 0.717) is 18.1 Å². The fourth-order valence-corrected chi connectivity index (χ4v) is 2.75. The van der Waals surface area contributed by atoms with Crippen molar-refractivity contribution in [1.82, 2.24) is 15.5 Å². The van der Waals surface area contributed by atoms with Gasteiger partial charge in [0.05, 0.1) is 6.54 Å². The molecule has 0 aliphatic heterocycles. The molecule has 1 aromatic carbocycles. The molecule has 0 aliphatic carbocycles. The lowest BCUT2D eigenvalue weighted by Gasteiger charge is -2.18. The Morgan fingerprint density at radius 1 is 1.30 bits per heavy atom. The summed E-state index contributed by atoms with van der Waals surface area (Å²) in [6.07, 6.45) is 1.02. The van der Waals surface area contributed by atoms with Crippen LogP contribution >= 0.6 is 24.0 Å². The third-order valence-electron chi connectivity index (χ3n) is 4.31. The number of fused-ring (bicyclic) bond motifs is 1. The van der Waals surface area contributed by atoms with Crippen LogP contribution in [0.5, 0.6) is 0 Å². The van der Waals surface area contributed by atoms with Crippen molar-refractivity contribution in [2.45, 2.75) is 19.9 Å². The van der Waals surface area contributed by atoms with E-state index >= 15 is 0 Å². The van der Waals surface area contributed by atoms with Crippen molar-refractivity contribution in [3.63, 3.8) is 0 Å². The Balaban J connectivity index is 0.00000364. The Kier molecular flexibility index (Phi) is 10.6. The fourth-order valence-electron chi connectivity index (χ4n) is 2.75. The van der Waals surface area contributed by atoms with E-state index in [-0.39, 0.29) is 29.8 Å². The van der Waals surface area contributed by atoms with Crippen molar-refractivity contribution in [2.75, 3.05) is 47.4 Å². The quantitative estimate of drug-likeness (QED) is 0.244. The molecule has 0 radical (unpaired) electrons. The van der Waals surface area contributed by atoms with Gasteiger partial charge in [0, 0.05) is 51.3 Å². The SMILES string of the molecule is CN=C(NCCN(C)CCCOC)NCc1oc2ccc(F)cc2c1C.I. The number of nitrogens with zero attached hydrogens (tertiary/aromatic N) is 2. The fraction of sp³-hybridized carbons (Fsp3) is 0.526. The van der Waals surface area contributed by atoms with Crippen molar-refractivity contribution < 1.29 is 13.5 Å². The zero-order chi connectivity index (χ0) is 18.9. The summed E-state index contributed by atoms with van der Waals surface area (Å²) < 4.78 is 24.3. The van der Waals surface area contributed by atoms with Crippen LogP contribution in [0.3, 0.4) is 0 Å². The lowest BCUT2D eigenvalue weighted by atomic mass is 10.1. The van der Waals surface area contributed by atoms with Crippen molar-refractivity contribution >= 4 is 40.9 Å². The average Bonchev–Trinajstić information content (AvgIpc) is 2.94. The van der Waals surface area contributed by atoms with Crippen LogP contribution in [0, 0.1) is 12.7 Å². The summed E-state index contributed by atoms with van der Waals surface area (Å²) >= 11 is 0. The number of aliphatic imine (C=N–C) groups is 1. The van der Waals surface area contributed by atoms with Gasteiger partial charge in [-0.2, -0.15) is 0 Å². The Morgan fingerprint density at radius 2 is 2.07 bits per heavy atom.